The lowest BCUT2D eigenvalue weighted by Gasteiger charge is -2.32. The second kappa shape index (κ2) is 10.9. The molecule has 1 atom stereocenters. The maximum atomic E-state index is 12.3. The Bertz CT molecular complexity index is 586. The molecule has 0 aliphatic carbocycles. The number of likely N-dealkylation sites (tertiary alicyclic amines) is 1. The fourth-order valence-electron chi connectivity index (χ4n) is 3.34. The van der Waals surface area contributed by atoms with Crippen molar-refractivity contribution in [1.82, 2.24) is 15.2 Å². The van der Waals surface area contributed by atoms with Crippen molar-refractivity contribution in [1.29, 1.82) is 0 Å². The molecule has 0 saturated carbocycles. The molecule has 0 bridgehead atoms. The van der Waals surface area contributed by atoms with Crippen molar-refractivity contribution < 1.29 is 9.59 Å². The van der Waals surface area contributed by atoms with Crippen LogP contribution in [0.3, 0.4) is 0 Å². The molecule has 2 amide bonds. The first-order chi connectivity index (χ1) is 11.6. The van der Waals surface area contributed by atoms with Gasteiger partial charge in [0.2, 0.25) is 11.8 Å². The smallest absolute Gasteiger partial charge is 0.228 e. The SMILES string of the molecule is Cl.Cl.O=C(Nc1ccc(Cl)cn1)C1CCN(C(=O)CC2CCCN2)CC1. The average molecular weight is 424 g/mol. The van der Waals surface area contributed by atoms with Crippen LogP contribution in [-0.4, -0.2) is 47.4 Å². The van der Waals surface area contributed by atoms with Gasteiger partial charge in [0.1, 0.15) is 5.82 Å². The number of pyridine rings is 1. The summed E-state index contributed by atoms with van der Waals surface area (Å²) in [5.41, 5.74) is 0. The van der Waals surface area contributed by atoms with Crippen molar-refractivity contribution in [2.75, 3.05) is 25.0 Å². The van der Waals surface area contributed by atoms with Gasteiger partial charge in [0.25, 0.3) is 0 Å². The average Bonchev–Trinajstić information content (AvgIpc) is 3.10. The number of anilines is 1. The van der Waals surface area contributed by atoms with Gasteiger partial charge in [0.05, 0.1) is 5.02 Å². The van der Waals surface area contributed by atoms with Gasteiger partial charge in [-0.3, -0.25) is 9.59 Å². The third-order valence-electron chi connectivity index (χ3n) is 4.78. The zero-order chi connectivity index (χ0) is 16.9. The molecule has 2 fully saturated rings. The van der Waals surface area contributed by atoms with Crippen LogP contribution in [0.25, 0.3) is 0 Å². The van der Waals surface area contributed by atoms with E-state index in [2.05, 4.69) is 15.6 Å². The van der Waals surface area contributed by atoms with Crippen LogP contribution in [0.2, 0.25) is 5.02 Å². The van der Waals surface area contributed by atoms with Gasteiger partial charge in [-0.15, -0.1) is 24.8 Å². The first kappa shape index (κ1) is 23.0. The number of carbonyl (C=O) groups is 2. The van der Waals surface area contributed by atoms with Crippen LogP contribution in [0, 0.1) is 5.92 Å². The summed E-state index contributed by atoms with van der Waals surface area (Å²) in [5, 5.41) is 6.71. The number of halogens is 3. The minimum absolute atomic E-state index is 0. The normalized spacial score (nSPS) is 20.0. The molecule has 3 heterocycles. The Morgan fingerprint density at radius 1 is 1.23 bits per heavy atom. The highest BCUT2D eigenvalue weighted by atomic mass is 35.5. The maximum Gasteiger partial charge on any atom is 0.228 e. The highest BCUT2D eigenvalue weighted by Gasteiger charge is 2.29. The fraction of sp³-hybridized carbons (Fsp3) is 0.588. The number of aromatic nitrogens is 1. The topological polar surface area (TPSA) is 74.3 Å². The van der Waals surface area contributed by atoms with Crippen LogP contribution < -0.4 is 10.6 Å². The van der Waals surface area contributed by atoms with E-state index in [0.29, 0.717) is 49.2 Å². The molecule has 9 heteroatoms. The van der Waals surface area contributed by atoms with Crippen molar-refractivity contribution >= 4 is 54.0 Å². The van der Waals surface area contributed by atoms with Gasteiger partial charge < -0.3 is 15.5 Å². The van der Waals surface area contributed by atoms with E-state index in [1.807, 2.05) is 4.90 Å². The van der Waals surface area contributed by atoms with Crippen LogP contribution in [0.15, 0.2) is 18.3 Å². The molecule has 3 rings (SSSR count). The van der Waals surface area contributed by atoms with Gasteiger partial charge in [-0.1, -0.05) is 11.6 Å². The Morgan fingerprint density at radius 3 is 2.54 bits per heavy atom. The number of hydrogen-bond acceptors (Lipinski definition) is 4. The first-order valence-electron chi connectivity index (χ1n) is 8.55. The summed E-state index contributed by atoms with van der Waals surface area (Å²) in [6, 6.07) is 3.71. The summed E-state index contributed by atoms with van der Waals surface area (Å²) >= 11 is 5.79. The second-order valence-corrected chi connectivity index (χ2v) is 6.94. The summed E-state index contributed by atoms with van der Waals surface area (Å²) in [6.07, 6.45) is 5.71. The van der Waals surface area contributed by atoms with Gasteiger partial charge in [-0.25, -0.2) is 4.98 Å². The number of amides is 2. The number of hydrogen-bond donors (Lipinski definition) is 2. The van der Waals surface area contributed by atoms with Crippen LogP contribution >= 0.6 is 36.4 Å². The molecule has 1 aromatic heterocycles. The van der Waals surface area contributed by atoms with Gasteiger partial charge in [-0.05, 0) is 44.4 Å². The number of piperidine rings is 1. The van der Waals surface area contributed by atoms with Gasteiger partial charge in [0.15, 0.2) is 0 Å². The lowest BCUT2D eigenvalue weighted by atomic mass is 9.95. The molecule has 146 valence electrons. The fourth-order valence-corrected chi connectivity index (χ4v) is 3.45. The third kappa shape index (κ3) is 6.27. The molecule has 1 unspecified atom stereocenters. The highest BCUT2D eigenvalue weighted by molar-refractivity contribution is 6.30. The van der Waals surface area contributed by atoms with Crippen molar-refractivity contribution in [2.24, 2.45) is 5.92 Å². The zero-order valence-corrected chi connectivity index (χ0v) is 16.8. The van der Waals surface area contributed by atoms with E-state index in [-0.39, 0.29) is 42.5 Å². The Morgan fingerprint density at radius 2 is 1.96 bits per heavy atom. The van der Waals surface area contributed by atoms with Crippen molar-refractivity contribution in [2.45, 2.75) is 38.1 Å². The summed E-state index contributed by atoms with van der Waals surface area (Å²) in [7, 11) is 0. The van der Waals surface area contributed by atoms with E-state index in [0.717, 1.165) is 19.4 Å². The zero-order valence-electron chi connectivity index (χ0n) is 14.4. The number of carbonyl (C=O) groups excluding carboxylic acids is 2. The molecular weight excluding hydrogens is 399 g/mol. The molecule has 2 aliphatic heterocycles. The highest BCUT2D eigenvalue weighted by Crippen LogP contribution is 2.21. The molecule has 1 aromatic rings. The summed E-state index contributed by atoms with van der Waals surface area (Å²) in [5.74, 6) is 0.605. The molecule has 0 spiro atoms. The lowest BCUT2D eigenvalue weighted by Crippen LogP contribution is -2.43. The monoisotopic (exact) mass is 422 g/mol. The van der Waals surface area contributed by atoms with Crippen molar-refractivity contribution in [3.05, 3.63) is 23.4 Å². The minimum atomic E-state index is -0.0730. The number of nitrogens with zero attached hydrogens (tertiary/aromatic N) is 2. The number of rotatable bonds is 4. The van der Waals surface area contributed by atoms with Crippen LogP contribution in [-0.2, 0) is 9.59 Å². The predicted molar refractivity (Wildman–Crippen MR) is 107 cm³/mol. The van der Waals surface area contributed by atoms with Crippen LogP contribution in [0.5, 0.6) is 0 Å². The van der Waals surface area contributed by atoms with Crippen molar-refractivity contribution in [3.8, 4) is 0 Å². The van der Waals surface area contributed by atoms with E-state index >= 15 is 0 Å². The lowest BCUT2D eigenvalue weighted by molar-refractivity contribution is -0.134. The summed E-state index contributed by atoms with van der Waals surface area (Å²) in [6.45, 7) is 2.31. The van der Waals surface area contributed by atoms with Crippen molar-refractivity contribution in [3.63, 3.8) is 0 Å². The molecule has 6 nitrogen and oxygen atoms in total. The molecule has 2 saturated heterocycles. The quantitative estimate of drug-likeness (QED) is 0.781. The minimum Gasteiger partial charge on any atom is -0.343 e. The van der Waals surface area contributed by atoms with E-state index in [1.165, 1.54) is 6.20 Å². The standard InChI is InChI=1S/C17H23ClN4O2.2ClH/c18-13-3-4-15(20-11-13)21-17(24)12-5-8-22(9-6-12)16(23)10-14-2-1-7-19-14;;/h3-4,11-12,14,19H,1-2,5-10H2,(H,20,21,24);2*1H. The van der Waals surface area contributed by atoms with E-state index in [1.54, 1.807) is 12.1 Å². The van der Waals surface area contributed by atoms with E-state index < -0.39 is 0 Å². The maximum absolute atomic E-state index is 12.3. The van der Waals surface area contributed by atoms with Gasteiger partial charge >= 0.3 is 0 Å². The Hall–Kier alpha value is -1.08. The van der Waals surface area contributed by atoms with Crippen LogP contribution in [0.1, 0.15) is 32.1 Å². The van der Waals surface area contributed by atoms with Crippen LogP contribution in [0.4, 0.5) is 5.82 Å². The molecule has 2 N–H and O–H groups in total. The molecule has 0 radical (unpaired) electrons. The van der Waals surface area contributed by atoms with E-state index in [4.69, 9.17) is 11.6 Å². The predicted octanol–water partition coefficient (Wildman–Crippen LogP) is 2.90. The largest absolute Gasteiger partial charge is 0.343 e. The van der Waals surface area contributed by atoms with E-state index in [9.17, 15) is 9.59 Å². The Kier molecular flexibility index (Phi) is 9.64. The van der Waals surface area contributed by atoms with Gasteiger partial charge in [0, 0.05) is 37.7 Å². The summed E-state index contributed by atoms with van der Waals surface area (Å²) in [4.78, 5) is 30.6. The Labute approximate surface area is 171 Å². The molecule has 0 aromatic carbocycles. The molecule has 2 aliphatic rings. The summed E-state index contributed by atoms with van der Waals surface area (Å²) < 4.78 is 0. The second-order valence-electron chi connectivity index (χ2n) is 6.50. The Balaban J connectivity index is 0.00000169. The first-order valence-corrected chi connectivity index (χ1v) is 8.93. The molecule has 26 heavy (non-hydrogen) atoms. The number of nitrogens with one attached hydrogen (secondary N) is 2. The van der Waals surface area contributed by atoms with Gasteiger partial charge in [-0.2, -0.15) is 0 Å². The molecular formula is C17H25Cl3N4O2. The third-order valence-corrected chi connectivity index (χ3v) is 5.00.